The number of hydrogen-bond acceptors (Lipinski definition) is 5. The Morgan fingerprint density at radius 3 is 2.66 bits per heavy atom. The molecule has 1 aliphatic rings. The SMILES string of the molecule is CCC(c1cc(CCNC(=O)c2ccc3ncccc3c2)nc(-c2ccc(F)cc2)c1C)I(O)CNCC1(C)CC1. The van der Waals surface area contributed by atoms with Gasteiger partial charge < -0.3 is 0 Å². The van der Waals surface area contributed by atoms with E-state index >= 15 is 0 Å². The summed E-state index contributed by atoms with van der Waals surface area (Å²) in [5, 5.41) is 7.49. The number of rotatable bonds is 12. The Labute approximate surface area is 249 Å². The zero-order valence-electron chi connectivity index (χ0n) is 23.9. The minimum absolute atomic E-state index is 0.0699. The van der Waals surface area contributed by atoms with Crippen LogP contribution in [0.1, 0.15) is 64.2 Å². The third-order valence-corrected chi connectivity index (χ3v) is 12.5. The zero-order valence-corrected chi connectivity index (χ0v) is 26.0. The second kappa shape index (κ2) is 12.9. The molecule has 0 saturated heterocycles. The van der Waals surface area contributed by atoms with E-state index in [0.717, 1.165) is 51.9 Å². The molecule has 1 fully saturated rings. The van der Waals surface area contributed by atoms with Crippen LogP contribution in [-0.2, 0) is 6.42 Å². The van der Waals surface area contributed by atoms with Crippen LogP contribution in [0, 0.1) is 18.2 Å². The van der Waals surface area contributed by atoms with Crippen molar-refractivity contribution in [2.24, 2.45) is 5.41 Å². The van der Waals surface area contributed by atoms with E-state index < -0.39 is 20.2 Å². The molecular weight excluding hydrogens is 630 g/mol. The molecule has 1 amide bonds. The molecule has 1 aliphatic carbocycles. The van der Waals surface area contributed by atoms with Gasteiger partial charge in [0, 0.05) is 6.20 Å². The molecule has 8 heteroatoms. The summed E-state index contributed by atoms with van der Waals surface area (Å²) in [5.41, 5.74) is 6.44. The number of pyridine rings is 2. The molecule has 2 aromatic carbocycles. The Bertz CT molecular complexity index is 1520. The van der Waals surface area contributed by atoms with E-state index in [4.69, 9.17) is 4.98 Å². The summed E-state index contributed by atoms with van der Waals surface area (Å²) in [7, 11) is 0. The van der Waals surface area contributed by atoms with Crippen LogP contribution in [0.5, 0.6) is 0 Å². The van der Waals surface area contributed by atoms with Crippen molar-refractivity contribution in [2.75, 3.05) is 17.6 Å². The van der Waals surface area contributed by atoms with Crippen LogP contribution in [0.2, 0.25) is 0 Å². The van der Waals surface area contributed by atoms with Gasteiger partial charge in [-0.1, -0.05) is 0 Å². The number of aromatic nitrogens is 2. The van der Waals surface area contributed by atoms with Gasteiger partial charge in [0.1, 0.15) is 0 Å². The second-order valence-corrected chi connectivity index (χ2v) is 15.6. The van der Waals surface area contributed by atoms with Gasteiger partial charge >= 0.3 is 233 Å². The number of fused-ring (bicyclic) bond motifs is 1. The van der Waals surface area contributed by atoms with Gasteiger partial charge in [0.05, 0.1) is 0 Å². The quantitative estimate of drug-likeness (QED) is 0.0867. The van der Waals surface area contributed by atoms with Crippen LogP contribution in [0.15, 0.2) is 66.9 Å². The average Bonchev–Trinajstić information content (AvgIpc) is 3.71. The molecule has 5 rings (SSSR count). The molecule has 3 N–H and O–H groups in total. The van der Waals surface area contributed by atoms with Crippen LogP contribution in [0.3, 0.4) is 0 Å². The van der Waals surface area contributed by atoms with Gasteiger partial charge in [-0.05, 0) is 6.07 Å². The van der Waals surface area contributed by atoms with Gasteiger partial charge in [-0.25, -0.2) is 0 Å². The number of nitrogens with one attached hydrogen (secondary N) is 2. The Morgan fingerprint density at radius 1 is 1.15 bits per heavy atom. The van der Waals surface area contributed by atoms with Gasteiger partial charge in [-0.15, -0.1) is 0 Å². The van der Waals surface area contributed by atoms with E-state index in [1.54, 1.807) is 24.4 Å². The Morgan fingerprint density at radius 2 is 1.93 bits per heavy atom. The van der Waals surface area contributed by atoms with Gasteiger partial charge in [0.25, 0.3) is 0 Å². The summed E-state index contributed by atoms with van der Waals surface area (Å²) in [6.07, 6.45) is 5.61. The molecule has 1 atom stereocenters. The molecule has 1 unspecified atom stereocenters. The fraction of sp³-hybridized carbons (Fsp3) is 0.364. The second-order valence-electron chi connectivity index (χ2n) is 11.2. The van der Waals surface area contributed by atoms with Crippen LogP contribution in [0.25, 0.3) is 22.2 Å². The number of benzene rings is 2. The molecular formula is C33H38FIN4O2. The van der Waals surface area contributed by atoms with Crippen molar-refractivity contribution in [3.63, 3.8) is 0 Å². The summed E-state index contributed by atoms with van der Waals surface area (Å²) in [6.45, 7) is 7.83. The molecule has 216 valence electrons. The summed E-state index contributed by atoms with van der Waals surface area (Å²) < 4.78 is 25.9. The third kappa shape index (κ3) is 7.28. The van der Waals surface area contributed by atoms with Gasteiger partial charge in [0.2, 0.25) is 0 Å². The number of alkyl halides is 2. The first-order chi connectivity index (χ1) is 19.8. The van der Waals surface area contributed by atoms with Crippen molar-refractivity contribution in [3.05, 3.63) is 95.1 Å². The topological polar surface area (TPSA) is 87.1 Å². The Balaban J connectivity index is 1.35. The molecule has 1 saturated carbocycles. The number of carbonyl (C=O) groups is 1. The number of nitrogens with zero attached hydrogens (tertiary/aromatic N) is 2. The van der Waals surface area contributed by atoms with Crippen LogP contribution < -0.4 is 10.6 Å². The first-order valence-corrected chi connectivity index (χ1v) is 17.9. The number of halogens is 2. The third-order valence-electron chi connectivity index (χ3n) is 7.90. The maximum atomic E-state index is 13.7. The van der Waals surface area contributed by atoms with Crippen molar-refractivity contribution in [1.82, 2.24) is 20.6 Å². The average molecular weight is 669 g/mol. The van der Waals surface area contributed by atoms with E-state index in [1.165, 1.54) is 25.0 Å². The zero-order chi connectivity index (χ0) is 29.0. The van der Waals surface area contributed by atoms with Gasteiger partial charge in [0.15, 0.2) is 0 Å². The Hall–Kier alpha value is -2.95. The first-order valence-electron chi connectivity index (χ1n) is 14.2. The van der Waals surface area contributed by atoms with Crippen molar-refractivity contribution in [2.45, 2.75) is 50.4 Å². The normalized spacial score (nSPS) is 15.0. The number of amides is 1. The summed E-state index contributed by atoms with van der Waals surface area (Å²) in [4.78, 5) is 22.2. The Kier molecular flexibility index (Phi) is 9.31. The first kappa shape index (κ1) is 29.5. The standard InChI is InChI=1S/C33H38FIN4O2/c1-4-29(35(41)21-36-20-33(3)14-15-33)28-19-27(39-31(22(28)2)23-7-10-26(34)11-8-23)13-17-38-32(40)25-9-12-30-24(18-25)6-5-16-37-30/h5-12,16,18-19,29,36,41H,4,13-15,17,20-21H2,1-3H3,(H,38,40). The van der Waals surface area contributed by atoms with Gasteiger partial charge in [-0.2, -0.15) is 0 Å². The van der Waals surface area contributed by atoms with E-state index in [2.05, 4.69) is 35.5 Å². The predicted molar refractivity (Wildman–Crippen MR) is 172 cm³/mol. The van der Waals surface area contributed by atoms with E-state index in [0.29, 0.717) is 28.5 Å². The van der Waals surface area contributed by atoms with E-state index in [1.807, 2.05) is 31.2 Å². The molecule has 2 aromatic heterocycles. The molecule has 2 heterocycles. The molecule has 0 bridgehead atoms. The van der Waals surface area contributed by atoms with E-state index in [9.17, 15) is 12.6 Å². The summed E-state index contributed by atoms with van der Waals surface area (Å²) in [5.74, 6) is -0.437. The fourth-order valence-corrected chi connectivity index (χ4v) is 8.90. The molecule has 0 spiro atoms. The van der Waals surface area contributed by atoms with Crippen molar-refractivity contribution < 1.29 is 12.6 Å². The minimum atomic E-state index is -2.36. The molecule has 41 heavy (non-hydrogen) atoms. The van der Waals surface area contributed by atoms with Crippen LogP contribution >= 0.6 is 20.2 Å². The van der Waals surface area contributed by atoms with Gasteiger partial charge in [-0.3, -0.25) is 4.98 Å². The van der Waals surface area contributed by atoms with E-state index in [-0.39, 0.29) is 15.6 Å². The summed E-state index contributed by atoms with van der Waals surface area (Å²) in [6, 6.07) is 17.8. The monoisotopic (exact) mass is 668 g/mol. The molecule has 6 nitrogen and oxygen atoms in total. The van der Waals surface area contributed by atoms with Crippen molar-refractivity contribution in [1.29, 1.82) is 0 Å². The fourth-order valence-electron chi connectivity index (χ4n) is 5.11. The molecule has 4 aromatic rings. The predicted octanol–water partition coefficient (Wildman–Crippen LogP) is 6.93. The van der Waals surface area contributed by atoms with Crippen molar-refractivity contribution >= 4 is 37.0 Å². The van der Waals surface area contributed by atoms with Crippen molar-refractivity contribution in [3.8, 4) is 11.3 Å². The molecule has 0 aliphatic heterocycles. The van der Waals surface area contributed by atoms with Crippen LogP contribution in [-0.4, -0.2) is 37.0 Å². The maximum absolute atomic E-state index is 13.7. The number of hydrogen-bond donors (Lipinski definition) is 3. The summed E-state index contributed by atoms with van der Waals surface area (Å²) >= 11 is -2.36. The molecule has 0 radical (unpaired) electrons. The van der Waals surface area contributed by atoms with Crippen LogP contribution in [0.4, 0.5) is 4.39 Å². The number of carbonyl (C=O) groups excluding carboxylic acids is 1.